The van der Waals surface area contributed by atoms with Crippen LogP contribution in [0.15, 0.2) is 285 Å². The van der Waals surface area contributed by atoms with Gasteiger partial charge in [0.2, 0.25) is 5.95 Å². The van der Waals surface area contributed by atoms with Gasteiger partial charge in [0.25, 0.3) is 0 Å². The zero-order chi connectivity index (χ0) is 55.2. The molecule has 0 bridgehead atoms. The molecule has 2 heterocycles. The molecule has 2 aromatic heterocycles. The van der Waals surface area contributed by atoms with E-state index in [-0.39, 0.29) is 5.41 Å². The van der Waals surface area contributed by atoms with Crippen LogP contribution in [0.4, 0.5) is 17.1 Å². The Hall–Kier alpha value is -10.8. The quantitative estimate of drug-likeness (QED) is 0.135. The van der Waals surface area contributed by atoms with Crippen molar-refractivity contribution in [2.24, 2.45) is 0 Å². The van der Waals surface area contributed by atoms with E-state index in [0.29, 0.717) is 17.6 Å². The minimum atomic E-state index is -0.304. The third kappa shape index (κ3) is 7.88. The van der Waals surface area contributed by atoms with Crippen LogP contribution in [0, 0.1) is 0 Å². The van der Waals surface area contributed by atoms with Gasteiger partial charge in [-0.05, 0) is 143 Å². The molecular formula is C78H53N5. The second kappa shape index (κ2) is 19.2. The molecule has 0 N–H and O–H groups in total. The minimum Gasteiger partial charge on any atom is -0.310 e. The van der Waals surface area contributed by atoms with E-state index >= 15 is 0 Å². The molecule has 0 fully saturated rings. The Bertz CT molecular complexity index is 4970. The molecule has 83 heavy (non-hydrogen) atoms. The van der Waals surface area contributed by atoms with Gasteiger partial charge in [0, 0.05) is 44.3 Å². The molecular weight excluding hydrogens is 1010 g/mol. The molecule has 0 saturated carbocycles. The third-order valence-corrected chi connectivity index (χ3v) is 17.2. The molecule has 0 unspecified atom stereocenters. The summed E-state index contributed by atoms with van der Waals surface area (Å²) in [6.45, 7) is 4.79. The summed E-state index contributed by atoms with van der Waals surface area (Å²) in [5.41, 5.74) is 18.8. The normalized spacial score (nSPS) is 12.6. The topological polar surface area (TPSA) is 46.8 Å². The molecule has 0 saturated heterocycles. The molecule has 5 nitrogen and oxygen atoms in total. The van der Waals surface area contributed by atoms with Crippen LogP contribution >= 0.6 is 0 Å². The van der Waals surface area contributed by atoms with E-state index in [1.165, 1.54) is 65.5 Å². The van der Waals surface area contributed by atoms with Crippen LogP contribution in [-0.2, 0) is 5.41 Å². The first kappa shape index (κ1) is 48.2. The molecule has 0 radical (unpaired) electrons. The fourth-order valence-electron chi connectivity index (χ4n) is 13.2. The van der Waals surface area contributed by atoms with Gasteiger partial charge in [-0.1, -0.05) is 238 Å². The van der Waals surface area contributed by atoms with Crippen molar-refractivity contribution in [2.45, 2.75) is 19.3 Å². The molecule has 390 valence electrons. The Kier molecular flexibility index (Phi) is 11.2. The second-order valence-corrected chi connectivity index (χ2v) is 22.3. The lowest BCUT2D eigenvalue weighted by atomic mass is 9.81. The lowest BCUT2D eigenvalue weighted by molar-refractivity contribution is 0.661. The van der Waals surface area contributed by atoms with Crippen LogP contribution in [0.25, 0.3) is 127 Å². The summed E-state index contributed by atoms with van der Waals surface area (Å²) in [6.07, 6.45) is 0. The Labute approximate surface area is 481 Å². The van der Waals surface area contributed by atoms with E-state index in [4.69, 9.17) is 15.0 Å². The highest BCUT2D eigenvalue weighted by molar-refractivity contribution is 6.27. The summed E-state index contributed by atoms with van der Waals surface area (Å²) < 4.78 is 2.28. The maximum absolute atomic E-state index is 5.38. The van der Waals surface area contributed by atoms with Gasteiger partial charge in [0.15, 0.2) is 11.6 Å². The van der Waals surface area contributed by atoms with Crippen LogP contribution < -0.4 is 4.90 Å². The third-order valence-electron chi connectivity index (χ3n) is 17.2. The van der Waals surface area contributed by atoms with E-state index in [0.717, 1.165) is 72.4 Å². The van der Waals surface area contributed by atoms with E-state index in [1.54, 1.807) is 0 Å². The molecule has 0 amide bonds. The van der Waals surface area contributed by atoms with Crippen molar-refractivity contribution in [1.29, 1.82) is 0 Å². The summed E-state index contributed by atoms with van der Waals surface area (Å²) in [6, 6.07) is 103. The number of benzene rings is 13. The van der Waals surface area contributed by atoms with E-state index in [9.17, 15) is 0 Å². The van der Waals surface area contributed by atoms with Crippen molar-refractivity contribution in [3.05, 3.63) is 296 Å². The SMILES string of the molecule is CC1(C)c2cc3c4ccccc4c4ccccc4c3cc2-c2c1ccc1c2c2cc(-c3ccc(N(c4cccc(-c5ccccc5)c4)c4ccccc4-c4ccccc4)cc3)ccc2n1-c1nc(-c2ccccc2)nc(-c2ccccc2)n1. The monoisotopic (exact) mass is 1060 g/mol. The molecule has 15 aromatic rings. The largest absolute Gasteiger partial charge is 0.310 e. The molecule has 0 atom stereocenters. The zero-order valence-corrected chi connectivity index (χ0v) is 45.9. The fraction of sp³-hybridized carbons (Fsp3) is 0.0385. The summed E-state index contributed by atoms with van der Waals surface area (Å²) in [7, 11) is 0. The Morgan fingerprint density at radius 2 is 0.807 bits per heavy atom. The minimum absolute atomic E-state index is 0.304. The summed E-state index contributed by atoms with van der Waals surface area (Å²) in [5.74, 6) is 1.80. The van der Waals surface area contributed by atoms with E-state index in [2.05, 4.69) is 272 Å². The average molecular weight is 1060 g/mol. The molecule has 16 rings (SSSR count). The van der Waals surface area contributed by atoms with Gasteiger partial charge in [-0.3, -0.25) is 4.57 Å². The van der Waals surface area contributed by atoms with E-state index in [1.807, 2.05) is 36.4 Å². The van der Waals surface area contributed by atoms with Crippen molar-refractivity contribution in [1.82, 2.24) is 19.5 Å². The maximum atomic E-state index is 5.38. The van der Waals surface area contributed by atoms with Crippen LogP contribution in [0.5, 0.6) is 0 Å². The van der Waals surface area contributed by atoms with Gasteiger partial charge in [-0.15, -0.1) is 0 Å². The number of nitrogens with zero attached hydrogens (tertiary/aromatic N) is 5. The number of hydrogen-bond acceptors (Lipinski definition) is 4. The van der Waals surface area contributed by atoms with Gasteiger partial charge in [-0.2, -0.15) is 9.97 Å². The molecule has 1 aliphatic carbocycles. The number of para-hydroxylation sites is 1. The predicted octanol–water partition coefficient (Wildman–Crippen LogP) is 20.5. The van der Waals surface area contributed by atoms with Crippen molar-refractivity contribution >= 4 is 71.2 Å². The summed E-state index contributed by atoms with van der Waals surface area (Å²) in [5, 5.41) is 9.92. The van der Waals surface area contributed by atoms with Crippen LogP contribution in [0.3, 0.4) is 0 Å². The predicted molar refractivity (Wildman–Crippen MR) is 346 cm³/mol. The standard InChI is InChI=1S/C78H53N5/c1-78(2)68-43-45-72-74(73(68)66-48-64-62-35-17-15-33-60(62)61-34-16-18-36-63(61)65(64)49-69(66)78)67-47-56(40-44-71(67)83(72)77-80-75(53-26-11-5-12-27-53)79-76(81-77)54-28-13-6-14-29-54)51-38-41-57(42-39-51)82(58-31-21-30-55(46-58)50-22-7-3-8-23-50)70-37-20-19-32-59(70)52-24-9-4-10-25-52/h3-49H,1-2H3. The van der Waals surface area contributed by atoms with Gasteiger partial charge in [0.05, 0.1) is 16.7 Å². The van der Waals surface area contributed by atoms with E-state index < -0.39 is 0 Å². The number of aromatic nitrogens is 4. The highest BCUT2D eigenvalue weighted by Gasteiger charge is 2.39. The van der Waals surface area contributed by atoms with Gasteiger partial charge >= 0.3 is 0 Å². The van der Waals surface area contributed by atoms with Crippen molar-refractivity contribution < 1.29 is 0 Å². The van der Waals surface area contributed by atoms with Crippen LogP contribution in [0.2, 0.25) is 0 Å². The summed E-state index contributed by atoms with van der Waals surface area (Å²) in [4.78, 5) is 18.3. The Morgan fingerprint density at radius 3 is 1.45 bits per heavy atom. The molecule has 0 aliphatic heterocycles. The Morgan fingerprint density at radius 1 is 0.313 bits per heavy atom. The number of anilines is 3. The lowest BCUT2D eigenvalue weighted by Gasteiger charge is -2.28. The van der Waals surface area contributed by atoms with Crippen molar-refractivity contribution in [2.75, 3.05) is 4.90 Å². The van der Waals surface area contributed by atoms with Crippen LogP contribution in [-0.4, -0.2) is 19.5 Å². The number of fused-ring (bicyclic) bond motifs is 13. The highest BCUT2D eigenvalue weighted by Crippen LogP contribution is 2.56. The van der Waals surface area contributed by atoms with Crippen molar-refractivity contribution in [3.63, 3.8) is 0 Å². The maximum Gasteiger partial charge on any atom is 0.238 e. The number of rotatable bonds is 9. The lowest BCUT2D eigenvalue weighted by Crippen LogP contribution is -2.15. The van der Waals surface area contributed by atoms with Gasteiger partial charge < -0.3 is 4.90 Å². The molecule has 13 aromatic carbocycles. The second-order valence-electron chi connectivity index (χ2n) is 22.3. The molecule has 5 heteroatoms. The first-order valence-corrected chi connectivity index (χ1v) is 28.5. The van der Waals surface area contributed by atoms with Gasteiger partial charge in [-0.25, -0.2) is 4.98 Å². The molecule has 1 aliphatic rings. The first-order valence-electron chi connectivity index (χ1n) is 28.5. The highest BCUT2D eigenvalue weighted by atomic mass is 15.2. The smallest absolute Gasteiger partial charge is 0.238 e. The first-order chi connectivity index (χ1) is 40.9. The Balaban J connectivity index is 0.926. The zero-order valence-electron chi connectivity index (χ0n) is 45.9. The summed E-state index contributed by atoms with van der Waals surface area (Å²) >= 11 is 0. The van der Waals surface area contributed by atoms with Crippen LogP contribution in [0.1, 0.15) is 25.0 Å². The molecule has 0 spiro atoms. The average Bonchev–Trinajstić information content (AvgIpc) is 2.06. The number of hydrogen-bond donors (Lipinski definition) is 0. The fourth-order valence-corrected chi connectivity index (χ4v) is 13.2. The van der Waals surface area contributed by atoms with Crippen molar-refractivity contribution in [3.8, 4) is 73.2 Å². The van der Waals surface area contributed by atoms with Gasteiger partial charge in [0.1, 0.15) is 0 Å².